The monoisotopic (exact) mass is 710 g/mol. The molecule has 7 rings (SSSR count). The Morgan fingerprint density at radius 1 is 1.23 bits per heavy atom. The topological polar surface area (TPSA) is 191 Å². The van der Waals surface area contributed by atoms with Crippen LogP contribution in [0.3, 0.4) is 0 Å². The Morgan fingerprint density at radius 3 is 2.68 bits per heavy atom. The normalized spacial score (nSPS) is 28.2. The van der Waals surface area contributed by atoms with Gasteiger partial charge in [-0.2, -0.15) is 0 Å². The number of rotatable bonds is 8. The first kappa shape index (κ1) is 31.5. The van der Waals surface area contributed by atoms with E-state index in [0.717, 1.165) is 5.56 Å². The number of methoxy groups -OCH3 is 2. The molecular formula is C32H31BrN4O10. The highest BCUT2D eigenvalue weighted by molar-refractivity contribution is 9.09. The number of Topliss-reactive ketones (excluding diaryl/α,β-unsaturated/α-hetero) is 1. The van der Waals surface area contributed by atoms with Crippen LogP contribution in [0.2, 0.25) is 0 Å². The quantitative estimate of drug-likeness (QED) is 0.120. The number of aryl methyl sites for hydroxylation is 1. The Morgan fingerprint density at radius 2 is 2.00 bits per heavy atom. The molecule has 3 heterocycles. The molecule has 0 radical (unpaired) electrons. The van der Waals surface area contributed by atoms with Crippen molar-refractivity contribution in [1.82, 2.24) is 5.32 Å². The highest BCUT2D eigenvalue weighted by atomic mass is 79.9. The van der Waals surface area contributed by atoms with Crippen LogP contribution in [0.15, 0.2) is 35.4 Å². The minimum absolute atomic E-state index is 0.0744. The van der Waals surface area contributed by atoms with Gasteiger partial charge >= 0.3 is 6.09 Å². The number of aromatic hydroxyl groups is 1. The van der Waals surface area contributed by atoms with Crippen molar-refractivity contribution in [3.8, 4) is 17.2 Å². The van der Waals surface area contributed by atoms with Gasteiger partial charge in [-0.3, -0.25) is 4.79 Å². The lowest BCUT2D eigenvalue weighted by Crippen LogP contribution is -2.75. The molecule has 2 fully saturated rings. The third kappa shape index (κ3) is 4.27. The average molecular weight is 712 g/mol. The molecule has 2 bridgehead atoms. The molecule has 3 unspecified atom stereocenters. The largest absolute Gasteiger partial charge is 0.506 e. The number of halogens is 1. The minimum atomic E-state index is -2.04. The van der Waals surface area contributed by atoms with Crippen molar-refractivity contribution in [2.45, 2.75) is 62.2 Å². The van der Waals surface area contributed by atoms with Crippen LogP contribution in [0.4, 0.5) is 10.5 Å². The number of phenols is 1. The predicted octanol–water partition coefficient (Wildman–Crippen LogP) is 5.28. The molecule has 14 nitrogen and oxygen atoms in total. The summed E-state index contributed by atoms with van der Waals surface area (Å²) in [4.78, 5) is 28.6. The number of alkyl carbamates (subject to hydrolysis) is 1. The van der Waals surface area contributed by atoms with E-state index in [-0.39, 0.29) is 46.7 Å². The first-order valence-electron chi connectivity index (χ1n) is 14.9. The summed E-state index contributed by atoms with van der Waals surface area (Å²) in [6, 6.07) is 8.36. The molecule has 5 atom stereocenters. The highest BCUT2D eigenvalue weighted by Gasteiger charge is 2.84. The minimum Gasteiger partial charge on any atom is -0.506 e. The third-order valence-corrected chi connectivity index (χ3v) is 10.4. The summed E-state index contributed by atoms with van der Waals surface area (Å²) in [5.41, 5.74) is 9.73. The zero-order chi connectivity index (χ0) is 33.3. The van der Waals surface area contributed by atoms with Crippen molar-refractivity contribution in [3.05, 3.63) is 68.6 Å². The molecule has 2 saturated heterocycles. The Kier molecular flexibility index (Phi) is 7.54. The molecule has 4 aliphatic rings. The third-order valence-electron chi connectivity index (χ3n) is 9.59. The van der Waals surface area contributed by atoms with E-state index in [1.54, 1.807) is 24.3 Å². The number of carbonyl (C=O) groups excluding carboxylic acids is 2. The van der Waals surface area contributed by atoms with E-state index in [1.165, 1.54) is 14.2 Å². The van der Waals surface area contributed by atoms with Gasteiger partial charge in [-0.05, 0) is 42.5 Å². The standard InChI is InChI=1S/C32H31BrN4O10/c1-15-11-19-23(24(39)22-18(25(19)42-2)5-4-6-20(22)38)26-21(15)27-28-32(43-3,46-26)30(41,13-33)31(45-27,47-28)14-35-29(40)44-12-16-7-9-17(10-8-16)36-37-34/h7-11,27-28,39,41H,4-6,12-14H2,1-3H3,(H,35,40)/t27?,28?,30-,31?,32-/m1/s1. The van der Waals surface area contributed by atoms with Crippen molar-refractivity contribution in [2.24, 2.45) is 5.11 Å². The number of fused-ring (bicyclic) bond motifs is 6. The number of azide groups is 1. The number of ketones is 1. The molecule has 15 heteroatoms. The van der Waals surface area contributed by atoms with Gasteiger partial charge in [0, 0.05) is 46.0 Å². The second-order valence-electron chi connectivity index (χ2n) is 12.0. The molecule has 0 spiro atoms. The summed E-state index contributed by atoms with van der Waals surface area (Å²) in [6.45, 7) is 1.44. The van der Waals surface area contributed by atoms with Crippen LogP contribution in [0, 0.1) is 6.92 Å². The Balaban J connectivity index is 1.25. The second-order valence-corrected chi connectivity index (χ2v) is 12.5. The average Bonchev–Trinajstić information content (AvgIpc) is 3.56. The number of nitrogens with one attached hydrogen (secondary N) is 1. The van der Waals surface area contributed by atoms with Crippen LogP contribution in [0.25, 0.3) is 21.2 Å². The number of alkyl halides is 1. The molecule has 1 amide bonds. The SMILES string of the molecule is COc1c2c(c(O)c3c4c(c(C)cc13)C1OC3(CNC(=O)OCc5ccc(N=[N+]=[N-])cc5)OC1[C@@](OC)(O4)[C@@]3(O)CBr)C(=O)CCC2. The number of carbonyl (C=O) groups is 2. The van der Waals surface area contributed by atoms with E-state index in [4.69, 9.17) is 34.0 Å². The van der Waals surface area contributed by atoms with E-state index in [0.29, 0.717) is 52.8 Å². The molecule has 0 aromatic heterocycles. The molecule has 3 aromatic carbocycles. The van der Waals surface area contributed by atoms with Gasteiger partial charge in [0.15, 0.2) is 17.5 Å². The van der Waals surface area contributed by atoms with E-state index < -0.39 is 35.5 Å². The Labute approximate surface area is 276 Å². The van der Waals surface area contributed by atoms with Gasteiger partial charge in [-0.1, -0.05) is 45.3 Å². The molecule has 3 N–H and O–H groups in total. The van der Waals surface area contributed by atoms with Crippen LogP contribution in [-0.4, -0.2) is 71.5 Å². The number of benzene rings is 3. The van der Waals surface area contributed by atoms with Gasteiger partial charge in [0.2, 0.25) is 5.79 Å². The summed E-state index contributed by atoms with van der Waals surface area (Å²) >= 11 is 3.40. The van der Waals surface area contributed by atoms with E-state index >= 15 is 0 Å². The molecule has 3 aromatic rings. The van der Waals surface area contributed by atoms with Gasteiger partial charge in [-0.25, -0.2) is 4.79 Å². The van der Waals surface area contributed by atoms with Gasteiger partial charge in [0.25, 0.3) is 5.79 Å². The fourth-order valence-electron chi connectivity index (χ4n) is 7.43. The van der Waals surface area contributed by atoms with Crippen LogP contribution in [0.1, 0.15) is 51.6 Å². The Hall–Kier alpha value is -4.11. The molecule has 47 heavy (non-hydrogen) atoms. The van der Waals surface area contributed by atoms with Crippen molar-refractivity contribution < 1.29 is 48.2 Å². The lowest BCUT2D eigenvalue weighted by atomic mass is 9.76. The molecule has 3 aliphatic heterocycles. The zero-order valence-electron chi connectivity index (χ0n) is 25.7. The highest BCUT2D eigenvalue weighted by Crippen LogP contribution is 2.66. The number of phenolic OH excluding ortho intramolecular Hbond substituents is 1. The second kappa shape index (κ2) is 11.3. The maximum atomic E-state index is 13.1. The molecule has 0 saturated carbocycles. The van der Waals surface area contributed by atoms with Crippen molar-refractivity contribution in [3.63, 3.8) is 0 Å². The lowest BCUT2D eigenvalue weighted by Gasteiger charge is -2.53. The number of ether oxygens (including phenoxy) is 6. The maximum Gasteiger partial charge on any atom is 0.407 e. The number of aliphatic hydroxyl groups is 1. The van der Waals surface area contributed by atoms with Crippen LogP contribution < -0.4 is 14.8 Å². The van der Waals surface area contributed by atoms with E-state index in [9.17, 15) is 19.8 Å². The lowest BCUT2D eigenvalue weighted by molar-refractivity contribution is -0.343. The van der Waals surface area contributed by atoms with Crippen LogP contribution in [0.5, 0.6) is 17.2 Å². The van der Waals surface area contributed by atoms with E-state index in [2.05, 4.69) is 31.3 Å². The van der Waals surface area contributed by atoms with Crippen molar-refractivity contribution in [2.75, 3.05) is 26.1 Å². The van der Waals surface area contributed by atoms with Crippen molar-refractivity contribution >= 4 is 44.3 Å². The first-order valence-corrected chi connectivity index (χ1v) is 16.1. The summed E-state index contributed by atoms with van der Waals surface area (Å²) in [6.07, 6.45) is -1.15. The summed E-state index contributed by atoms with van der Waals surface area (Å²) in [5.74, 6) is -3.49. The van der Waals surface area contributed by atoms with Crippen LogP contribution in [-0.2, 0) is 32.0 Å². The molecule has 246 valence electrons. The van der Waals surface area contributed by atoms with Gasteiger partial charge < -0.3 is 44.0 Å². The van der Waals surface area contributed by atoms with Gasteiger partial charge in [-0.15, -0.1) is 0 Å². The Bertz CT molecular complexity index is 1880. The summed E-state index contributed by atoms with van der Waals surface area (Å²) in [5, 5.41) is 30.8. The predicted molar refractivity (Wildman–Crippen MR) is 168 cm³/mol. The van der Waals surface area contributed by atoms with Crippen LogP contribution >= 0.6 is 15.9 Å². The molecular weight excluding hydrogens is 680 g/mol. The molecule has 1 aliphatic carbocycles. The fourth-order valence-corrected chi connectivity index (χ4v) is 8.25. The smallest absolute Gasteiger partial charge is 0.407 e. The van der Waals surface area contributed by atoms with Gasteiger partial charge in [0.1, 0.15) is 30.0 Å². The fraction of sp³-hybridized carbons (Fsp3) is 0.438. The van der Waals surface area contributed by atoms with Gasteiger partial charge in [0.05, 0.1) is 24.6 Å². The zero-order valence-corrected chi connectivity index (χ0v) is 27.3. The van der Waals surface area contributed by atoms with Crippen molar-refractivity contribution in [1.29, 1.82) is 0 Å². The summed E-state index contributed by atoms with van der Waals surface area (Å²) in [7, 11) is 2.89. The maximum absolute atomic E-state index is 13.1. The number of nitrogens with zero attached hydrogens (tertiary/aromatic N) is 3. The number of hydrogen-bond donors (Lipinski definition) is 3. The number of hydrogen-bond acceptors (Lipinski definition) is 11. The number of amides is 1. The first-order chi connectivity index (χ1) is 22.6. The summed E-state index contributed by atoms with van der Waals surface area (Å²) < 4.78 is 36.7. The van der Waals surface area contributed by atoms with E-state index in [1.807, 2.05) is 13.0 Å².